The van der Waals surface area contributed by atoms with Gasteiger partial charge < -0.3 is 15.0 Å². The second-order valence-electron chi connectivity index (χ2n) is 4.06. The van der Waals surface area contributed by atoms with Crippen LogP contribution in [-0.4, -0.2) is 18.2 Å². The van der Waals surface area contributed by atoms with Crippen molar-refractivity contribution < 1.29 is 9.53 Å². The van der Waals surface area contributed by atoms with E-state index in [9.17, 15) is 9.59 Å². The lowest BCUT2D eigenvalue weighted by Gasteiger charge is -2.05. The fraction of sp³-hybridized carbons (Fsp3) is 0.231. The molecule has 1 heterocycles. The number of hydrogen-bond acceptors (Lipinski definition) is 3. The first-order chi connectivity index (χ1) is 8.60. The molecule has 0 aliphatic carbocycles. The van der Waals surface area contributed by atoms with Crippen molar-refractivity contribution in [2.75, 3.05) is 7.11 Å². The highest BCUT2D eigenvalue weighted by Crippen LogP contribution is 2.12. The number of hydrogen-bond donors (Lipinski definition) is 2. The first-order valence-electron chi connectivity index (χ1n) is 5.54. The van der Waals surface area contributed by atoms with Gasteiger partial charge in [-0.1, -0.05) is 12.1 Å². The molecule has 2 N–H and O–H groups in total. The summed E-state index contributed by atoms with van der Waals surface area (Å²) in [4.78, 5) is 25.5. The summed E-state index contributed by atoms with van der Waals surface area (Å²) >= 11 is 0. The molecule has 5 nitrogen and oxygen atoms in total. The fourth-order valence-electron chi connectivity index (χ4n) is 1.73. The van der Waals surface area contributed by atoms with Gasteiger partial charge in [0.1, 0.15) is 0 Å². The minimum atomic E-state index is -0.557. The van der Waals surface area contributed by atoms with Crippen LogP contribution >= 0.6 is 0 Å². The second-order valence-corrected chi connectivity index (χ2v) is 4.06. The number of carbonyl (C=O) groups excluding carboxylic acids is 1. The Hall–Kier alpha value is -2.30. The third-order valence-electron chi connectivity index (χ3n) is 2.69. The number of alkyl carbamates (subject to hydrolysis) is 1. The van der Waals surface area contributed by atoms with Crippen molar-refractivity contribution in [2.24, 2.45) is 0 Å². The molecule has 18 heavy (non-hydrogen) atoms. The lowest BCUT2D eigenvalue weighted by molar-refractivity contribution is 0.170. The number of carbonyl (C=O) groups is 1. The summed E-state index contributed by atoms with van der Waals surface area (Å²) in [6.45, 7) is 2.11. The molecule has 1 aromatic heterocycles. The molecule has 0 atom stereocenters. The fourth-order valence-corrected chi connectivity index (χ4v) is 1.73. The number of nitrogens with one attached hydrogen (secondary N) is 2. The van der Waals surface area contributed by atoms with Crippen molar-refractivity contribution in [1.29, 1.82) is 0 Å². The number of aromatic nitrogens is 1. The van der Waals surface area contributed by atoms with E-state index in [-0.39, 0.29) is 12.1 Å². The van der Waals surface area contributed by atoms with Gasteiger partial charge >= 0.3 is 6.09 Å². The minimum absolute atomic E-state index is 0.145. The van der Waals surface area contributed by atoms with E-state index in [0.29, 0.717) is 5.56 Å². The number of fused-ring (bicyclic) bond motifs is 1. The van der Waals surface area contributed by atoms with E-state index in [4.69, 9.17) is 0 Å². The number of rotatable bonds is 2. The van der Waals surface area contributed by atoms with Gasteiger partial charge in [0.2, 0.25) is 0 Å². The van der Waals surface area contributed by atoms with Crippen molar-refractivity contribution in [1.82, 2.24) is 10.3 Å². The summed E-state index contributed by atoms with van der Waals surface area (Å²) in [6.07, 6.45) is -0.557. The lowest BCUT2D eigenvalue weighted by Crippen LogP contribution is -2.26. The van der Waals surface area contributed by atoms with E-state index in [2.05, 4.69) is 15.0 Å². The monoisotopic (exact) mass is 246 g/mol. The van der Waals surface area contributed by atoms with Crippen molar-refractivity contribution in [3.8, 4) is 0 Å². The molecule has 0 saturated heterocycles. The minimum Gasteiger partial charge on any atom is -0.453 e. The summed E-state index contributed by atoms with van der Waals surface area (Å²) in [5, 5.41) is 3.42. The molecule has 0 unspecified atom stereocenters. The van der Waals surface area contributed by atoms with Crippen LogP contribution < -0.4 is 10.9 Å². The molecular formula is C13H14N2O3. The zero-order valence-corrected chi connectivity index (χ0v) is 10.2. The Morgan fingerprint density at radius 3 is 2.89 bits per heavy atom. The summed E-state index contributed by atoms with van der Waals surface area (Å²) < 4.78 is 4.45. The van der Waals surface area contributed by atoms with Gasteiger partial charge in [-0.05, 0) is 30.0 Å². The predicted octanol–water partition coefficient (Wildman–Crippen LogP) is 1.69. The third kappa shape index (κ3) is 2.51. The Balaban J connectivity index is 2.35. The van der Waals surface area contributed by atoms with Crippen LogP contribution in [0.2, 0.25) is 0 Å². The van der Waals surface area contributed by atoms with Gasteiger partial charge in [-0.2, -0.15) is 0 Å². The maximum Gasteiger partial charge on any atom is 0.407 e. The predicted molar refractivity (Wildman–Crippen MR) is 68.6 cm³/mol. The van der Waals surface area contributed by atoms with Crippen LogP contribution in [0.15, 0.2) is 29.1 Å². The van der Waals surface area contributed by atoms with E-state index in [1.807, 2.05) is 25.1 Å². The standard InChI is InChI=1S/C13H14N2O3/c1-8-3-4-9-6-10(7-14-13(17)18-2)12(16)15-11(9)5-8/h3-6H,7H2,1-2H3,(H,14,17)(H,15,16). The molecule has 0 bridgehead atoms. The molecule has 0 aliphatic rings. The summed E-state index contributed by atoms with van der Waals surface area (Å²) in [5.41, 5.74) is 2.17. The highest BCUT2D eigenvalue weighted by molar-refractivity contribution is 5.79. The normalized spacial score (nSPS) is 10.3. The van der Waals surface area contributed by atoms with Gasteiger partial charge in [0.05, 0.1) is 13.7 Å². The Morgan fingerprint density at radius 2 is 2.17 bits per heavy atom. The van der Waals surface area contributed by atoms with Crippen LogP contribution in [-0.2, 0) is 11.3 Å². The zero-order valence-electron chi connectivity index (χ0n) is 10.2. The molecule has 2 rings (SSSR count). The number of aryl methyl sites for hydroxylation is 1. The van der Waals surface area contributed by atoms with Crippen molar-refractivity contribution in [3.05, 3.63) is 45.7 Å². The van der Waals surface area contributed by atoms with Crippen LogP contribution in [0, 0.1) is 6.92 Å². The first-order valence-corrected chi connectivity index (χ1v) is 5.54. The molecule has 5 heteroatoms. The maximum atomic E-state index is 11.8. The smallest absolute Gasteiger partial charge is 0.407 e. The van der Waals surface area contributed by atoms with Crippen molar-refractivity contribution in [3.63, 3.8) is 0 Å². The molecule has 0 aliphatic heterocycles. The van der Waals surface area contributed by atoms with Crippen LogP contribution in [0.25, 0.3) is 10.9 Å². The number of pyridine rings is 1. The Labute approximate surface area is 104 Å². The quantitative estimate of drug-likeness (QED) is 0.847. The molecule has 0 radical (unpaired) electrons. The zero-order chi connectivity index (χ0) is 13.1. The van der Waals surface area contributed by atoms with Crippen LogP contribution in [0.5, 0.6) is 0 Å². The summed E-state index contributed by atoms with van der Waals surface area (Å²) in [5.74, 6) is 0. The van der Waals surface area contributed by atoms with E-state index in [0.717, 1.165) is 16.5 Å². The molecular weight excluding hydrogens is 232 g/mol. The van der Waals surface area contributed by atoms with Crippen LogP contribution in [0.4, 0.5) is 4.79 Å². The average Bonchev–Trinajstić information content (AvgIpc) is 2.35. The largest absolute Gasteiger partial charge is 0.453 e. The number of benzene rings is 1. The molecule has 0 spiro atoms. The first kappa shape index (κ1) is 12.2. The Morgan fingerprint density at radius 1 is 1.39 bits per heavy atom. The second kappa shape index (κ2) is 4.91. The number of methoxy groups -OCH3 is 1. The van der Waals surface area contributed by atoms with Gasteiger partial charge in [0.25, 0.3) is 5.56 Å². The maximum absolute atomic E-state index is 11.8. The molecule has 94 valence electrons. The number of ether oxygens (including phenoxy) is 1. The van der Waals surface area contributed by atoms with Gasteiger partial charge in [0.15, 0.2) is 0 Å². The molecule has 1 aromatic carbocycles. The van der Waals surface area contributed by atoms with Crippen LogP contribution in [0.3, 0.4) is 0 Å². The van der Waals surface area contributed by atoms with E-state index in [1.165, 1.54) is 7.11 Å². The summed E-state index contributed by atoms with van der Waals surface area (Å²) in [6, 6.07) is 7.58. The van der Waals surface area contributed by atoms with E-state index in [1.54, 1.807) is 6.07 Å². The van der Waals surface area contributed by atoms with Gasteiger partial charge in [-0.25, -0.2) is 4.79 Å². The third-order valence-corrected chi connectivity index (χ3v) is 2.69. The molecule has 0 fully saturated rings. The van der Waals surface area contributed by atoms with Crippen molar-refractivity contribution in [2.45, 2.75) is 13.5 Å². The number of H-pyrrole nitrogens is 1. The highest BCUT2D eigenvalue weighted by Gasteiger charge is 2.05. The lowest BCUT2D eigenvalue weighted by atomic mass is 10.1. The van der Waals surface area contributed by atoms with E-state index >= 15 is 0 Å². The van der Waals surface area contributed by atoms with Crippen molar-refractivity contribution >= 4 is 17.0 Å². The Bertz CT molecular complexity index is 646. The number of aromatic amines is 1. The Kier molecular flexibility index (Phi) is 3.32. The van der Waals surface area contributed by atoms with Crippen LogP contribution in [0.1, 0.15) is 11.1 Å². The van der Waals surface area contributed by atoms with Gasteiger partial charge in [-0.3, -0.25) is 4.79 Å². The van der Waals surface area contributed by atoms with Gasteiger partial charge in [-0.15, -0.1) is 0 Å². The van der Waals surface area contributed by atoms with Gasteiger partial charge in [0, 0.05) is 11.1 Å². The average molecular weight is 246 g/mol. The van der Waals surface area contributed by atoms with E-state index < -0.39 is 6.09 Å². The summed E-state index contributed by atoms with van der Waals surface area (Å²) in [7, 11) is 1.28. The molecule has 0 saturated carbocycles. The highest BCUT2D eigenvalue weighted by atomic mass is 16.5. The SMILES string of the molecule is COC(=O)NCc1cc2ccc(C)cc2[nH]c1=O. The topological polar surface area (TPSA) is 71.2 Å². The molecule has 2 aromatic rings. The number of amides is 1. The molecule has 1 amide bonds.